The van der Waals surface area contributed by atoms with Gasteiger partial charge in [-0.15, -0.1) is 10.2 Å². The van der Waals surface area contributed by atoms with E-state index < -0.39 is 10.8 Å². The Hall–Kier alpha value is -4.46. The summed E-state index contributed by atoms with van der Waals surface area (Å²) in [5.41, 5.74) is 2.68. The molecule has 6 rings (SSSR count). The fourth-order valence-corrected chi connectivity index (χ4v) is 4.43. The van der Waals surface area contributed by atoms with Crippen LogP contribution in [0.1, 0.15) is 16.7 Å². The van der Waals surface area contributed by atoms with E-state index in [1.54, 1.807) is 6.07 Å². The SMILES string of the molecule is O=[N+]([O-])c1ccc2c(c1)C(OCc1ccc3ccccc3c1)(OCc1ccc3ccccc3c1)N=N2. The van der Waals surface area contributed by atoms with Crippen LogP contribution in [0, 0.1) is 10.1 Å². The molecule has 0 fully saturated rings. The predicted molar refractivity (Wildman–Crippen MR) is 137 cm³/mol. The summed E-state index contributed by atoms with van der Waals surface area (Å²) in [6.07, 6.45) is 0. The number of benzene rings is 5. The molecular weight excluding hydrogens is 454 g/mol. The van der Waals surface area contributed by atoms with Crippen LogP contribution in [0.4, 0.5) is 11.4 Å². The number of hydrogen-bond acceptors (Lipinski definition) is 6. The van der Waals surface area contributed by atoms with E-state index in [2.05, 4.69) is 22.4 Å². The molecule has 0 N–H and O–H groups in total. The number of ether oxygens (including phenoxy) is 2. The van der Waals surface area contributed by atoms with Crippen molar-refractivity contribution in [2.75, 3.05) is 0 Å². The monoisotopic (exact) mass is 475 g/mol. The van der Waals surface area contributed by atoms with E-state index in [9.17, 15) is 10.1 Å². The second kappa shape index (κ2) is 8.96. The lowest BCUT2D eigenvalue weighted by Gasteiger charge is -2.26. The molecule has 1 heterocycles. The highest BCUT2D eigenvalue weighted by atomic mass is 16.7. The Kier molecular flexibility index (Phi) is 5.48. The molecule has 7 heteroatoms. The van der Waals surface area contributed by atoms with Crippen molar-refractivity contribution in [1.82, 2.24) is 0 Å². The van der Waals surface area contributed by atoms with Crippen LogP contribution in [0.5, 0.6) is 0 Å². The fraction of sp³-hybridized carbons (Fsp3) is 0.103. The molecule has 5 aromatic carbocycles. The van der Waals surface area contributed by atoms with Crippen molar-refractivity contribution in [1.29, 1.82) is 0 Å². The van der Waals surface area contributed by atoms with Crippen molar-refractivity contribution in [3.05, 3.63) is 130 Å². The average molecular weight is 476 g/mol. The summed E-state index contributed by atoms with van der Waals surface area (Å²) in [6.45, 7) is 0.368. The molecule has 1 aliphatic heterocycles. The Bertz CT molecular complexity index is 1560. The summed E-state index contributed by atoms with van der Waals surface area (Å²) in [4.78, 5) is 11.0. The van der Waals surface area contributed by atoms with Crippen LogP contribution in [-0.4, -0.2) is 4.92 Å². The summed E-state index contributed by atoms with van der Waals surface area (Å²) >= 11 is 0. The normalized spacial score (nSPS) is 13.8. The summed E-state index contributed by atoms with van der Waals surface area (Å²) in [5, 5.41) is 24.5. The topological polar surface area (TPSA) is 86.3 Å². The minimum absolute atomic E-state index is 0.0750. The van der Waals surface area contributed by atoms with Gasteiger partial charge in [-0.25, -0.2) is 0 Å². The van der Waals surface area contributed by atoms with Gasteiger partial charge in [-0.05, 0) is 50.9 Å². The first kappa shape index (κ1) is 22.0. The van der Waals surface area contributed by atoms with Crippen LogP contribution in [0.25, 0.3) is 21.5 Å². The van der Waals surface area contributed by atoms with Crippen molar-refractivity contribution in [2.24, 2.45) is 10.2 Å². The maximum absolute atomic E-state index is 11.5. The van der Waals surface area contributed by atoms with Gasteiger partial charge < -0.3 is 9.47 Å². The van der Waals surface area contributed by atoms with Gasteiger partial charge in [-0.3, -0.25) is 10.1 Å². The third kappa shape index (κ3) is 4.11. The standard InChI is InChI=1S/C29H21N3O4/c33-32(34)26-13-14-28-27(17-26)29(31-30-28,35-18-20-9-11-22-5-1-3-7-24(22)15-20)36-19-21-10-12-23-6-2-4-8-25(23)16-21/h1-17H,18-19H2. The summed E-state index contributed by atoms with van der Waals surface area (Å²) < 4.78 is 12.6. The molecule has 36 heavy (non-hydrogen) atoms. The molecule has 0 saturated heterocycles. The maximum Gasteiger partial charge on any atom is 0.319 e. The molecule has 0 bridgehead atoms. The highest BCUT2D eigenvalue weighted by Gasteiger charge is 2.42. The summed E-state index contributed by atoms with van der Waals surface area (Å²) in [7, 11) is 0. The first-order chi connectivity index (χ1) is 17.6. The first-order valence-electron chi connectivity index (χ1n) is 11.5. The largest absolute Gasteiger partial charge is 0.322 e. The number of non-ortho nitro benzene ring substituents is 1. The Morgan fingerprint density at radius 3 is 1.81 bits per heavy atom. The van der Waals surface area contributed by atoms with Gasteiger partial charge in [0, 0.05) is 12.1 Å². The van der Waals surface area contributed by atoms with Gasteiger partial charge in [0.25, 0.3) is 5.69 Å². The van der Waals surface area contributed by atoms with Crippen LogP contribution < -0.4 is 0 Å². The molecule has 0 unspecified atom stereocenters. The predicted octanol–water partition coefficient (Wildman–Crippen LogP) is 7.54. The maximum atomic E-state index is 11.5. The van der Waals surface area contributed by atoms with Gasteiger partial charge in [0.15, 0.2) is 0 Å². The van der Waals surface area contributed by atoms with Crippen LogP contribution in [-0.2, 0) is 28.6 Å². The summed E-state index contributed by atoms with van der Waals surface area (Å²) in [6, 6.07) is 32.7. The molecule has 0 spiro atoms. The van der Waals surface area contributed by atoms with E-state index in [1.165, 1.54) is 12.1 Å². The third-order valence-corrected chi connectivity index (χ3v) is 6.32. The minimum Gasteiger partial charge on any atom is -0.322 e. The second-order valence-electron chi connectivity index (χ2n) is 8.68. The third-order valence-electron chi connectivity index (χ3n) is 6.32. The first-order valence-corrected chi connectivity index (χ1v) is 11.5. The lowest BCUT2D eigenvalue weighted by Crippen LogP contribution is -2.29. The number of nitro benzene ring substituents is 1. The molecule has 0 aliphatic carbocycles. The number of rotatable bonds is 7. The van der Waals surface area contributed by atoms with E-state index in [0.29, 0.717) is 11.3 Å². The van der Waals surface area contributed by atoms with Crippen LogP contribution in [0.3, 0.4) is 0 Å². The van der Waals surface area contributed by atoms with Crippen molar-refractivity contribution < 1.29 is 14.4 Å². The van der Waals surface area contributed by atoms with E-state index in [-0.39, 0.29) is 18.9 Å². The molecule has 176 valence electrons. The van der Waals surface area contributed by atoms with E-state index in [0.717, 1.165) is 32.7 Å². The average Bonchev–Trinajstić information content (AvgIpc) is 3.28. The molecule has 0 aromatic heterocycles. The van der Waals surface area contributed by atoms with Gasteiger partial charge in [0.2, 0.25) is 0 Å². The molecule has 0 amide bonds. The van der Waals surface area contributed by atoms with Crippen LogP contribution in [0.2, 0.25) is 0 Å². The Balaban J connectivity index is 1.33. The molecule has 0 saturated carbocycles. The molecule has 1 aliphatic rings. The van der Waals surface area contributed by atoms with E-state index in [4.69, 9.17) is 9.47 Å². The fourth-order valence-electron chi connectivity index (χ4n) is 4.43. The quantitative estimate of drug-likeness (QED) is 0.138. The van der Waals surface area contributed by atoms with Gasteiger partial charge in [-0.2, -0.15) is 0 Å². The molecule has 7 nitrogen and oxygen atoms in total. The van der Waals surface area contributed by atoms with Crippen molar-refractivity contribution in [2.45, 2.75) is 19.1 Å². The Morgan fingerprint density at radius 2 is 1.25 bits per heavy atom. The van der Waals surface area contributed by atoms with Crippen LogP contribution >= 0.6 is 0 Å². The zero-order valence-corrected chi connectivity index (χ0v) is 19.2. The number of hydrogen-bond donors (Lipinski definition) is 0. The van der Waals surface area contributed by atoms with Crippen molar-refractivity contribution >= 4 is 32.9 Å². The number of fused-ring (bicyclic) bond motifs is 3. The number of nitrogens with zero attached hydrogens (tertiary/aromatic N) is 3. The highest BCUT2D eigenvalue weighted by Crippen LogP contribution is 2.45. The molecule has 0 atom stereocenters. The number of nitro groups is 1. The van der Waals surface area contributed by atoms with Gasteiger partial charge >= 0.3 is 5.91 Å². The zero-order valence-electron chi connectivity index (χ0n) is 19.2. The van der Waals surface area contributed by atoms with Gasteiger partial charge in [0.1, 0.15) is 0 Å². The summed E-state index contributed by atoms with van der Waals surface area (Å²) in [5.74, 6) is -1.60. The van der Waals surface area contributed by atoms with Gasteiger partial charge in [-0.1, -0.05) is 72.8 Å². The van der Waals surface area contributed by atoms with Crippen LogP contribution in [0.15, 0.2) is 113 Å². The second-order valence-corrected chi connectivity index (χ2v) is 8.68. The molecule has 5 aromatic rings. The van der Waals surface area contributed by atoms with Crippen molar-refractivity contribution in [3.63, 3.8) is 0 Å². The lowest BCUT2D eigenvalue weighted by molar-refractivity contribution is -0.385. The Morgan fingerprint density at radius 1 is 0.694 bits per heavy atom. The van der Waals surface area contributed by atoms with Crippen molar-refractivity contribution in [3.8, 4) is 0 Å². The molecule has 0 radical (unpaired) electrons. The zero-order chi connectivity index (χ0) is 24.5. The highest BCUT2D eigenvalue weighted by molar-refractivity contribution is 5.83. The number of azo groups is 1. The smallest absolute Gasteiger partial charge is 0.319 e. The Labute approximate surface area is 206 Å². The van der Waals surface area contributed by atoms with E-state index in [1.807, 2.05) is 72.8 Å². The lowest BCUT2D eigenvalue weighted by atomic mass is 10.1. The van der Waals surface area contributed by atoms with Gasteiger partial charge in [0.05, 0.1) is 29.4 Å². The minimum atomic E-state index is -1.60. The van der Waals surface area contributed by atoms with E-state index >= 15 is 0 Å². The molecular formula is C29H21N3O4.